The molecule has 2 aromatic heterocycles. The predicted molar refractivity (Wildman–Crippen MR) is 83.2 cm³/mol. The molecule has 1 spiro atoms. The zero-order valence-corrected chi connectivity index (χ0v) is 13.9. The summed E-state index contributed by atoms with van der Waals surface area (Å²) in [6.45, 7) is 3.18. The predicted octanol–water partition coefficient (Wildman–Crippen LogP) is 1.64. The molecule has 2 aromatic rings. The van der Waals surface area contributed by atoms with Crippen LogP contribution in [0.4, 0.5) is 0 Å². The summed E-state index contributed by atoms with van der Waals surface area (Å²) in [4.78, 5) is 18.6. The number of piperidine rings is 1. The number of carbonyl (C=O) groups excluding carboxylic acids is 1. The number of amides is 1. The van der Waals surface area contributed by atoms with E-state index in [1.165, 1.54) is 0 Å². The smallest absolute Gasteiger partial charge is 0.274 e. The number of ether oxygens (including phenoxy) is 1. The molecule has 8 nitrogen and oxygen atoms in total. The van der Waals surface area contributed by atoms with Gasteiger partial charge in [0.05, 0.1) is 5.60 Å². The molecule has 2 fully saturated rings. The van der Waals surface area contributed by atoms with Crippen LogP contribution in [0.2, 0.25) is 0 Å². The minimum Gasteiger partial charge on any atom is -0.362 e. The third-order valence-corrected chi connectivity index (χ3v) is 4.97. The van der Waals surface area contributed by atoms with Crippen LogP contribution < -0.4 is 0 Å². The molecule has 2 saturated heterocycles. The third-order valence-electron chi connectivity index (χ3n) is 4.97. The normalized spacial score (nSPS) is 23.1. The molecule has 0 bridgehead atoms. The van der Waals surface area contributed by atoms with Crippen molar-refractivity contribution in [1.29, 1.82) is 0 Å². The highest BCUT2D eigenvalue weighted by Crippen LogP contribution is 2.44. The Kier molecular flexibility index (Phi) is 3.64. The molecule has 24 heavy (non-hydrogen) atoms. The van der Waals surface area contributed by atoms with Crippen molar-refractivity contribution in [1.82, 2.24) is 24.8 Å². The molecule has 4 heterocycles. The molecule has 1 atom stereocenters. The summed E-state index contributed by atoms with van der Waals surface area (Å²) in [5.41, 5.74) is 0.327. The molecule has 0 aromatic carbocycles. The maximum absolute atomic E-state index is 12.5. The van der Waals surface area contributed by atoms with Gasteiger partial charge in [-0.2, -0.15) is 10.1 Å². The summed E-state index contributed by atoms with van der Waals surface area (Å²) in [5.74, 6) is 1.19. The Morgan fingerprint density at radius 2 is 2.12 bits per heavy atom. The number of hydrogen-bond donors (Lipinski definition) is 0. The van der Waals surface area contributed by atoms with Gasteiger partial charge in [0.15, 0.2) is 5.82 Å². The van der Waals surface area contributed by atoms with E-state index in [0.717, 1.165) is 25.7 Å². The topological polar surface area (TPSA) is 86.3 Å². The lowest BCUT2D eigenvalue weighted by atomic mass is 9.88. The molecular formula is C16H21N5O3. The van der Waals surface area contributed by atoms with Crippen molar-refractivity contribution in [2.75, 3.05) is 13.1 Å². The molecule has 0 unspecified atom stereocenters. The number of aryl methyl sites for hydroxylation is 2. The first-order chi connectivity index (χ1) is 11.5. The van der Waals surface area contributed by atoms with Gasteiger partial charge in [0.2, 0.25) is 0 Å². The molecule has 2 aliphatic heterocycles. The van der Waals surface area contributed by atoms with Gasteiger partial charge in [0.25, 0.3) is 11.8 Å². The summed E-state index contributed by atoms with van der Waals surface area (Å²) in [6, 6.07) is 1.76. The summed E-state index contributed by atoms with van der Waals surface area (Å²) < 4.78 is 13.2. The van der Waals surface area contributed by atoms with E-state index in [0.29, 0.717) is 30.5 Å². The van der Waals surface area contributed by atoms with E-state index in [1.54, 1.807) is 23.9 Å². The lowest BCUT2D eigenvalue weighted by Crippen LogP contribution is -2.46. The molecule has 0 aliphatic carbocycles. The largest absolute Gasteiger partial charge is 0.362 e. The van der Waals surface area contributed by atoms with E-state index in [1.807, 2.05) is 11.9 Å². The van der Waals surface area contributed by atoms with Gasteiger partial charge in [0.1, 0.15) is 11.8 Å². The maximum atomic E-state index is 12.5. The standard InChI is InChI=1S/C16H21N5O3/c1-11-17-14(24-19-11)13-3-5-16(23-13)6-9-21(10-7-16)15(22)12-4-8-20(2)18-12/h4,8,13H,3,5-7,9-10H2,1-2H3/t13-/m1/s1. The Labute approximate surface area is 139 Å². The van der Waals surface area contributed by atoms with Gasteiger partial charge >= 0.3 is 0 Å². The number of carbonyl (C=O) groups is 1. The number of aromatic nitrogens is 4. The Morgan fingerprint density at radius 3 is 2.75 bits per heavy atom. The third kappa shape index (κ3) is 2.71. The Bertz CT molecular complexity index is 744. The molecule has 1 amide bonds. The highest BCUT2D eigenvalue weighted by atomic mass is 16.5. The van der Waals surface area contributed by atoms with Crippen LogP contribution in [0.3, 0.4) is 0 Å². The minimum absolute atomic E-state index is 0.00692. The molecular weight excluding hydrogens is 310 g/mol. The van der Waals surface area contributed by atoms with E-state index in [9.17, 15) is 4.79 Å². The van der Waals surface area contributed by atoms with Crippen molar-refractivity contribution in [3.05, 3.63) is 29.7 Å². The average Bonchev–Trinajstić information content (AvgIpc) is 3.28. The van der Waals surface area contributed by atoms with Crippen LogP contribution in [0.15, 0.2) is 16.8 Å². The summed E-state index contributed by atoms with van der Waals surface area (Å²) in [5, 5.41) is 8.03. The lowest BCUT2D eigenvalue weighted by molar-refractivity contribution is -0.0821. The molecule has 0 radical (unpaired) electrons. The van der Waals surface area contributed by atoms with Gasteiger partial charge < -0.3 is 14.2 Å². The monoisotopic (exact) mass is 331 g/mol. The summed E-state index contributed by atoms with van der Waals surface area (Å²) in [7, 11) is 1.81. The van der Waals surface area contributed by atoms with E-state index in [-0.39, 0.29) is 17.6 Å². The maximum Gasteiger partial charge on any atom is 0.274 e. The molecule has 8 heteroatoms. The molecule has 0 saturated carbocycles. The SMILES string of the molecule is Cc1noc([C@H]2CCC3(CCN(C(=O)c4ccn(C)n4)CC3)O2)n1. The first-order valence-corrected chi connectivity index (χ1v) is 8.32. The lowest BCUT2D eigenvalue weighted by Gasteiger charge is -2.38. The Morgan fingerprint density at radius 1 is 1.33 bits per heavy atom. The first kappa shape index (κ1) is 15.3. The summed E-state index contributed by atoms with van der Waals surface area (Å²) in [6.07, 6.45) is 5.17. The van der Waals surface area contributed by atoms with Crippen molar-refractivity contribution < 1.29 is 14.1 Å². The van der Waals surface area contributed by atoms with Crippen LogP contribution >= 0.6 is 0 Å². The van der Waals surface area contributed by atoms with Crippen LogP contribution in [0.25, 0.3) is 0 Å². The second kappa shape index (κ2) is 5.70. The van der Waals surface area contributed by atoms with Gasteiger partial charge in [-0.25, -0.2) is 0 Å². The van der Waals surface area contributed by atoms with Gasteiger partial charge in [-0.3, -0.25) is 9.48 Å². The first-order valence-electron chi connectivity index (χ1n) is 8.32. The van der Waals surface area contributed by atoms with Gasteiger partial charge in [-0.15, -0.1) is 0 Å². The molecule has 0 N–H and O–H groups in total. The van der Waals surface area contributed by atoms with Crippen molar-refractivity contribution in [2.24, 2.45) is 7.05 Å². The van der Waals surface area contributed by atoms with Gasteiger partial charge in [0, 0.05) is 26.3 Å². The average molecular weight is 331 g/mol. The fraction of sp³-hybridized carbons (Fsp3) is 0.625. The van der Waals surface area contributed by atoms with E-state index in [4.69, 9.17) is 9.26 Å². The quantitative estimate of drug-likeness (QED) is 0.831. The van der Waals surface area contributed by atoms with Crippen LogP contribution in [0, 0.1) is 6.92 Å². The second-order valence-electron chi connectivity index (χ2n) is 6.67. The molecule has 4 rings (SSSR count). The van der Waals surface area contributed by atoms with Crippen LogP contribution in [0.5, 0.6) is 0 Å². The van der Waals surface area contributed by atoms with Crippen LogP contribution in [-0.2, 0) is 11.8 Å². The zero-order valence-electron chi connectivity index (χ0n) is 13.9. The highest BCUT2D eigenvalue weighted by molar-refractivity contribution is 5.92. The van der Waals surface area contributed by atoms with Crippen molar-refractivity contribution >= 4 is 5.91 Å². The second-order valence-corrected chi connectivity index (χ2v) is 6.67. The fourth-order valence-electron chi connectivity index (χ4n) is 3.61. The van der Waals surface area contributed by atoms with Gasteiger partial charge in [-0.1, -0.05) is 5.16 Å². The number of hydrogen-bond acceptors (Lipinski definition) is 6. The molecule has 2 aliphatic rings. The fourth-order valence-corrected chi connectivity index (χ4v) is 3.61. The zero-order chi connectivity index (χ0) is 16.7. The van der Waals surface area contributed by atoms with Crippen LogP contribution in [0.1, 0.15) is 54.0 Å². The Hall–Kier alpha value is -2.22. The van der Waals surface area contributed by atoms with Crippen molar-refractivity contribution in [3.8, 4) is 0 Å². The number of rotatable bonds is 2. The van der Waals surface area contributed by atoms with Crippen molar-refractivity contribution in [2.45, 2.75) is 44.3 Å². The summed E-state index contributed by atoms with van der Waals surface area (Å²) >= 11 is 0. The van der Waals surface area contributed by atoms with Crippen molar-refractivity contribution in [3.63, 3.8) is 0 Å². The van der Waals surface area contributed by atoms with E-state index in [2.05, 4.69) is 15.2 Å². The van der Waals surface area contributed by atoms with E-state index < -0.39 is 0 Å². The Balaban J connectivity index is 1.38. The van der Waals surface area contributed by atoms with Gasteiger partial charge in [-0.05, 0) is 38.7 Å². The minimum atomic E-state index is -0.173. The number of nitrogens with zero attached hydrogens (tertiary/aromatic N) is 5. The van der Waals surface area contributed by atoms with Crippen LogP contribution in [-0.4, -0.2) is 49.4 Å². The van der Waals surface area contributed by atoms with E-state index >= 15 is 0 Å². The highest BCUT2D eigenvalue weighted by Gasteiger charge is 2.45. The number of likely N-dealkylation sites (tertiary alicyclic amines) is 1. The molecule has 128 valence electrons.